The molecule has 1 heteroatoms. The van der Waals surface area contributed by atoms with Crippen molar-refractivity contribution in [3.05, 3.63) is 58.1 Å². The number of benzene rings is 2. The monoisotopic (exact) mass is 224 g/mol. The molecule has 0 saturated heterocycles. The highest BCUT2D eigenvalue weighted by Gasteiger charge is 2.19. The first-order valence-corrected chi connectivity index (χ1v) is 6.02. The van der Waals surface area contributed by atoms with Gasteiger partial charge in [0.2, 0.25) is 0 Å². The normalized spacial score (nSPS) is 12.6. The minimum absolute atomic E-state index is 0.985. The second-order valence-electron chi connectivity index (χ2n) is 4.81. The standard InChI is InChI=1S/C16H16O/c1-10-8-16-14(12(3)11(10)2)9-13-6-4-5-7-15(13)17-16/h4-8H,9H2,1-3H3. The van der Waals surface area contributed by atoms with Crippen molar-refractivity contribution in [2.45, 2.75) is 27.2 Å². The molecule has 0 radical (unpaired) electrons. The summed E-state index contributed by atoms with van der Waals surface area (Å²) in [6, 6.07) is 10.4. The van der Waals surface area contributed by atoms with Crippen LogP contribution in [0, 0.1) is 20.8 Å². The van der Waals surface area contributed by atoms with Gasteiger partial charge >= 0.3 is 0 Å². The Morgan fingerprint density at radius 1 is 0.941 bits per heavy atom. The lowest BCUT2D eigenvalue weighted by Crippen LogP contribution is -2.06. The lowest BCUT2D eigenvalue weighted by atomic mass is 9.91. The molecule has 0 atom stereocenters. The van der Waals surface area contributed by atoms with E-state index in [9.17, 15) is 0 Å². The number of rotatable bonds is 0. The fourth-order valence-electron chi connectivity index (χ4n) is 2.47. The molecule has 86 valence electrons. The van der Waals surface area contributed by atoms with Crippen molar-refractivity contribution in [1.82, 2.24) is 0 Å². The fourth-order valence-corrected chi connectivity index (χ4v) is 2.47. The smallest absolute Gasteiger partial charge is 0.131 e. The predicted octanol–water partition coefficient (Wildman–Crippen LogP) is 4.31. The topological polar surface area (TPSA) is 9.23 Å². The molecule has 0 aliphatic carbocycles. The molecule has 1 heterocycles. The number of para-hydroxylation sites is 1. The predicted molar refractivity (Wildman–Crippen MR) is 70.0 cm³/mol. The highest BCUT2D eigenvalue weighted by molar-refractivity contribution is 5.56. The van der Waals surface area contributed by atoms with Crippen LogP contribution in [0.1, 0.15) is 27.8 Å². The van der Waals surface area contributed by atoms with Gasteiger partial charge in [0, 0.05) is 12.0 Å². The van der Waals surface area contributed by atoms with E-state index in [1.807, 2.05) is 12.1 Å². The number of aryl methyl sites for hydroxylation is 1. The first-order chi connectivity index (χ1) is 8.16. The summed E-state index contributed by atoms with van der Waals surface area (Å²) < 4.78 is 5.99. The summed E-state index contributed by atoms with van der Waals surface area (Å²) in [5.41, 5.74) is 6.68. The number of fused-ring (bicyclic) bond motifs is 2. The quantitative estimate of drug-likeness (QED) is 0.553. The van der Waals surface area contributed by atoms with Crippen LogP contribution in [0.5, 0.6) is 11.5 Å². The minimum atomic E-state index is 0.985. The Morgan fingerprint density at radius 3 is 2.53 bits per heavy atom. The highest BCUT2D eigenvalue weighted by atomic mass is 16.5. The van der Waals surface area contributed by atoms with Gasteiger partial charge in [0.15, 0.2) is 0 Å². The third kappa shape index (κ3) is 1.54. The van der Waals surface area contributed by atoms with Gasteiger partial charge in [-0.3, -0.25) is 0 Å². The van der Waals surface area contributed by atoms with E-state index in [4.69, 9.17) is 4.74 Å². The van der Waals surface area contributed by atoms with Crippen molar-refractivity contribution < 1.29 is 4.74 Å². The zero-order valence-electron chi connectivity index (χ0n) is 10.5. The fraction of sp³-hybridized carbons (Fsp3) is 0.250. The number of hydrogen-bond acceptors (Lipinski definition) is 1. The number of hydrogen-bond donors (Lipinski definition) is 0. The molecular formula is C16H16O. The van der Waals surface area contributed by atoms with Gasteiger partial charge in [0.1, 0.15) is 11.5 Å². The lowest BCUT2D eigenvalue weighted by molar-refractivity contribution is 0.458. The average molecular weight is 224 g/mol. The molecule has 0 unspecified atom stereocenters. The van der Waals surface area contributed by atoms with E-state index >= 15 is 0 Å². The molecule has 2 aromatic rings. The summed E-state index contributed by atoms with van der Waals surface area (Å²) in [4.78, 5) is 0. The lowest BCUT2D eigenvalue weighted by Gasteiger charge is -2.23. The Bertz CT molecular complexity index is 597. The van der Waals surface area contributed by atoms with E-state index in [0.29, 0.717) is 0 Å². The van der Waals surface area contributed by atoms with Gasteiger partial charge in [-0.25, -0.2) is 0 Å². The van der Waals surface area contributed by atoms with Crippen molar-refractivity contribution in [2.75, 3.05) is 0 Å². The van der Waals surface area contributed by atoms with Crippen LogP contribution in [0.25, 0.3) is 0 Å². The van der Waals surface area contributed by atoms with E-state index in [0.717, 1.165) is 17.9 Å². The van der Waals surface area contributed by atoms with Crippen molar-refractivity contribution in [2.24, 2.45) is 0 Å². The van der Waals surface area contributed by atoms with Crippen LogP contribution in [-0.2, 0) is 6.42 Å². The Labute approximate surface area is 102 Å². The molecule has 1 aliphatic rings. The zero-order chi connectivity index (χ0) is 12.0. The molecule has 3 rings (SSSR count). The molecule has 0 N–H and O–H groups in total. The third-order valence-corrected chi connectivity index (χ3v) is 3.81. The van der Waals surface area contributed by atoms with Crippen LogP contribution in [-0.4, -0.2) is 0 Å². The first-order valence-electron chi connectivity index (χ1n) is 6.02. The van der Waals surface area contributed by atoms with Gasteiger partial charge in [-0.15, -0.1) is 0 Å². The van der Waals surface area contributed by atoms with Crippen molar-refractivity contribution >= 4 is 0 Å². The maximum atomic E-state index is 5.99. The maximum absolute atomic E-state index is 5.99. The van der Waals surface area contributed by atoms with E-state index in [1.165, 1.54) is 27.8 Å². The molecule has 1 nitrogen and oxygen atoms in total. The van der Waals surface area contributed by atoms with Gasteiger partial charge < -0.3 is 4.74 Å². The summed E-state index contributed by atoms with van der Waals surface area (Å²) in [5.74, 6) is 2.03. The van der Waals surface area contributed by atoms with Gasteiger partial charge in [0.25, 0.3) is 0 Å². The van der Waals surface area contributed by atoms with Crippen molar-refractivity contribution in [1.29, 1.82) is 0 Å². The molecule has 0 bridgehead atoms. The summed E-state index contributed by atoms with van der Waals surface area (Å²) in [7, 11) is 0. The SMILES string of the molecule is Cc1cc2c(c(C)c1C)Cc1ccccc1O2. The summed E-state index contributed by atoms with van der Waals surface area (Å²) in [6.45, 7) is 6.52. The number of ether oxygens (including phenoxy) is 1. The van der Waals surface area contributed by atoms with Crippen LogP contribution >= 0.6 is 0 Å². The second-order valence-corrected chi connectivity index (χ2v) is 4.81. The maximum Gasteiger partial charge on any atom is 0.131 e. The van der Waals surface area contributed by atoms with Crippen LogP contribution < -0.4 is 4.74 Å². The Hall–Kier alpha value is -1.76. The summed E-state index contributed by atoms with van der Waals surface area (Å²) in [5, 5.41) is 0. The molecule has 1 aliphatic heterocycles. The van der Waals surface area contributed by atoms with Gasteiger partial charge in [-0.2, -0.15) is 0 Å². The summed E-state index contributed by atoms with van der Waals surface area (Å²) >= 11 is 0. The van der Waals surface area contributed by atoms with Gasteiger partial charge in [-0.05, 0) is 55.2 Å². The van der Waals surface area contributed by atoms with E-state index in [2.05, 4.69) is 39.0 Å². The third-order valence-electron chi connectivity index (χ3n) is 3.81. The first kappa shape index (κ1) is 10.4. The van der Waals surface area contributed by atoms with Crippen molar-refractivity contribution in [3.8, 4) is 11.5 Å². The molecule has 17 heavy (non-hydrogen) atoms. The molecule has 0 aromatic heterocycles. The largest absolute Gasteiger partial charge is 0.457 e. The minimum Gasteiger partial charge on any atom is -0.457 e. The van der Waals surface area contributed by atoms with Crippen LogP contribution in [0.2, 0.25) is 0 Å². The Balaban J connectivity index is 2.18. The molecule has 0 spiro atoms. The Kier molecular flexibility index (Phi) is 2.22. The second kappa shape index (κ2) is 3.63. The molecule has 0 fully saturated rings. The average Bonchev–Trinajstić information content (AvgIpc) is 2.34. The zero-order valence-corrected chi connectivity index (χ0v) is 10.5. The Morgan fingerprint density at radius 2 is 1.71 bits per heavy atom. The van der Waals surface area contributed by atoms with Crippen LogP contribution in [0.4, 0.5) is 0 Å². The van der Waals surface area contributed by atoms with Gasteiger partial charge in [0.05, 0.1) is 0 Å². The van der Waals surface area contributed by atoms with E-state index in [-0.39, 0.29) is 0 Å². The molecule has 0 amide bonds. The van der Waals surface area contributed by atoms with Gasteiger partial charge in [-0.1, -0.05) is 18.2 Å². The molecule has 2 aromatic carbocycles. The molecular weight excluding hydrogens is 208 g/mol. The highest BCUT2D eigenvalue weighted by Crippen LogP contribution is 2.39. The van der Waals surface area contributed by atoms with E-state index in [1.54, 1.807) is 0 Å². The summed E-state index contributed by atoms with van der Waals surface area (Å²) in [6.07, 6.45) is 0.985. The van der Waals surface area contributed by atoms with E-state index < -0.39 is 0 Å². The van der Waals surface area contributed by atoms with Crippen LogP contribution in [0.3, 0.4) is 0 Å². The van der Waals surface area contributed by atoms with Crippen LogP contribution in [0.15, 0.2) is 30.3 Å². The molecule has 0 saturated carbocycles. The van der Waals surface area contributed by atoms with Crippen molar-refractivity contribution in [3.63, 3.8) is 0 Å².